The van der Waals surface area contributed by atoms with E-state index in [4.69, 9.17) is 21.1 Å². The van der Waals surface area contributed by atoms with E-state index in [1.54, 1.807) is 18.2 Å². The van der Waals surface area contributed by atoms with Crippen LogP contribution in [0.3, 0.4) is 0 Å². The van der Waals surface area contributed by atoms with Crippen LogP contribution in [0, 0.1) is 0 Å². The molecule has 0 aromatic heterocycles. The Balaban J connectivity index is 1.94. The molecule has 0 fully saturated rings. The Morgan fingerprint density at radius 3 is 1.97 bits per heavy atom. The molecule has 0 radical (unpaired) electrons. The Hall–Kier alpha value is -3.31. The molecule has 0 heterocycles. The number of methoxy groups -OCH3 is 2. The van der Waals surface area contributed by atoms with Gasteiger partial charge in [0, 0.05) is 6.42 Å². The minimum absolute atomic E-state index is 0.224. The first-order valence-electron chi connectivity index (χ1n) is 10.2. The molecule has 6 heteroatoms. The number of hydrogen-bond acceptors (Lipinski definition) is 4. The van der Waals surface area contributed by atoms with Crippen molar-refractivity contribution in [1.29, 1.82) is 0 Å². The summed E-state index contributed by atoms with van der Waals surface area (Å²) >= 11 is 6.24. The number of esters is 1. The second kappa shape index (κ2) is 10.3. The first-order valence-corrected chi connectivity index (χ1v) is 10.6. The molecule has 3 rings (SSSR count). The highest BCUT2D eigenvalue weighted by Crippen LogP contribution is 2.32. The maximum atomic E-state index is 13.7. The standard InChI is InChI=1S/C26H26ClNO4/c1-26(19-10-6-4-7-11-19,20-12-8-5-9-13-20)25(30)28-22(24(29)32-3)17-18-14-15-23(31-2)21(27)16-18/h4-16,22H,17H2,1-3H3,(H,28,30)/t22-/m1/s1. The summed E-state index contributed by atoms with van der Waals surface area (Å²) in [6, 6.07) is 23.3. The van der Waals surface area contributed by atoms with Crippen molar-refractivity contribution in [3.63, 3.8) is 0 Å². The van der Waals surface area contributed by atoms with Gasteiger partial charge in [-0.1, -0.05) is 78.3 Å². The van der Waals surface area contributed by atoms with Gasteiger partial charge in [0.1, 0.15) is 11.8 Å². The number of amides is 1. The van der Waals surface area contributed by atoms with Gasteiger partial charge < -0.3 is 14.8 Å². The number of nitrogens with one attached hydrogen (secondary N) is 1. The van der Waals surface area contributed by atoms with Crippen molar-refractivity contribution in [1.82, 2.24) is 5.32 Å². The van der Waals surface area contributed by atoms with E-state index in [0.717, 1.165) is 16.7 Å². The number of halogens is 1. The van der Waals surface area contributed by atoms with Gasteiger partial charge >= 0.3 is 5.97 Å². The summed E-state index contributed by atoms with van der Waals surface area (Å²) in [4.78, 5) is 26.3. The van der Waals surface area contributed by atoms with Gasteiger partial charge in [-0.05, 0) is 35.7 Å². The molecule has 0 saturated carbocycles. The van der Waals surface area contributed by atoms with Crippen LogP contribution >= 0.6 is 11.6 Å². The van der Waals surface area contributed by atoms with Crippen LogP contribution in [0.1, 0.15) is 23.6 Å². The zero-order chi connectivity index (χ0) is 23.1. The Labute approximate surface area is 193 Å². The summed E-state index contributed by atoms with van der Waals surface area (Å²) in [6.45, 7) is 1.85. The molecule has 0 aliphatic rings. The summed E-state index contributed by atoms with van der Waals surface area (Å²) in [5, 5.41) is 3.34. The lowest BCUT2D eigenvalue weighted by molar-refractivity contribution is -0.145. The molecule has 166 valence electrons. The van der Waals surface area contributed by atoms with Gasteiger partial charge in [-0.3, -0.25) is 4.79 Å². The van der Waals surface area contributed by atoms with Crippen LogP contribution in [0.15, 0.2) is 78.9 Å². The molecule has 1 N–H and O–H groups in total. The van der Waals surface area contributed by atoms with Crippen LogP contribution in [0.5, 0.6) is 5.75 Å². The SMILES string of the molecule is COC(=O)[C@@H](Cc1ccc(OC)c(Cl)c1)NC(=O)C(C)(c1ccccc1)c1ccccc1. The van der Waals surface area contributed by atoms with Crippen LogP contribution < -0.4 is 10.1 Å². The minimum Gasteiger partial charge on any atom is -0.495 e. The summed E-state index contributed by atoms with van der Waals surface area (Å²) in [6.07, 6.45) is 0.224. The third-order valence-corrected chi connectivity index (χ3v) is 5.90. The topological polar surface area (TPSA) is 64.6 Å². The van der Waals surface area contributed by atoms with Gasteiger partial charge in [0.05, 0.1) is 24.7 Å². The van der Waals surface area contributed by atoms with E-state index in [-0.39, 0.29) is 12.3 Å². The van der Waals surface area contributed by atoms with Crippen molar-refractivity contribution in [3.05, 3.63) is 101 Å². The molecular formula is C26H26ClNO4. The van der Waals surface area contributed by atoms with Crippen LogP contribution in [0.4, 0.5) is 0 Å². The van der Waals surface area contributed by atoms with E-state index in [1.165, 1.54) is 14.2 Å². The Morgan fingerprint density at radius 2 is 1.50 bits per heavy atom. The lowest BCUT2D eigenvalue weighted by Crippen LogP contribution is -2.51. The molecule has 1 amide bonds. The highest BCUT2D eigenvalue weighted by atomic mass is 35.5. The van der Waals surface area contributed by atoms with E-state index in [1.807, 2.05) is 67.6 Å². The number of carbonyl (C=O) groups is 2. The Bertz CT molecular complexity index is 1030. The largest absolute Gasteiger partial charge is 0.495 e. The monoisotopic (exact) mass is 451 g/mol. The number of hydrogen-bond donors (Lipinski definition) is 1. The van der Waals surface area contributed by atoms with Crippen molar-refractivity contribution in [2.24, 2.45) is 0 Å². The lowest BCUT2D eigenvalue weighted by atomic mass is 9.75. The number of rotatable bonds is 8. The fourth-order valence-corrected chi connectivity index (χ4v) is 3.96. The second-order valence-corrected chi connectivity index (χ2v) is 7.99. The van der Waals surface area contributed by atoms with Crippen molar-refractivity contribution in [2.75, 3.05) is 14.2 Å². The summed E-state index contributed by atoms with van der Waals surface area (Å²) in [5.41, 5.74) is 1.40. The quantitative estimate of drug-likeness (QED) is 0.510. The fraction of sp³-hybridized carbons (Fsp3) is 0.231. The average Bonchev–Trinajstić information content (AvgIpc) is 2.83. The van der Waals surface area contributed by atoms with Crippen molar-refractivity contribution in [2.45, 2.75) is 24.8 Å². The number of benzene rings is 3. The first-order chi connectivity index (χ1) is 15.4. The van der Waals surface area contributed by atoms with E-state index in [2.05, 4.69) is 5.32 Å². The van der Waals surface area contributed by atoms with Crippen molar-refractivity contribution < 1.29 is 19.1 Å². The Kier molecular flexibility index (Phi) is 7.54. The highest BCUT2D eigenvalue weighted by molar-refractivity contribution is 6.32. The molecule has 32 heavy (non-hydrogen) atoms. The molecule has 3 aromatic rings. The minimum atomic E-state index is -1.01. The summed E-state index contributed by atoms with van der Waals surface area (Å²) < 4.78 is 10.2. The van der Waals surface area contributed by atoms with E-state index >= 15 is 0 Å². The van der Waals surface area contributed by atoms with Crippen LogP contribution in [0.25, 0.3) is 0 Å². The number of carbonyl (C=O) groups excluding carboxylic acids is 2. The van der Waals surface area contributed by atoms with Gasteiger partial charge in [0.25, 0.3) is 0 Å². The van der Waals surface area contributed by atoms with Gasteiger partial charge in [-0.25, -0.2) is 4.79 Å². The molecule has 0 spiro atoms. The molecule has 0 unspecified atom stereocenters. The van der Waals surface area contributed by atoms with Gasteiger partial charge in [-0.2, -0.15) is 0 Å². The highest BCUT2D eigenvalue weighted by Gasteiger charge is 2.39. The van der Waals surface area contributed by atoms with E-state index in [0.29, 0.717) is 10.8 Å². The number of ether oxygens (including phenoxy) is 2. The zero-order valence-corrected chi connectivity index (χ0v) is 19.1. The molecule has 0 aliphatic heterocycles. The van der Waals surface area contributed by atoms with Gasteiger partial charge in [0.2, 0.25) is 5.91 Å². The molecule has 0 bridgehead atoms. The zero-order valence-electron chi connectivity index (χ0n) is 18.3. The summed E-state index contributed by atoms with van der Waals surface area (Å²) in [5.74, 6) is -0.298. The molecule has 5 nitrogen and oxygen atoms in total. The maximum absolute atomic E-state index is 13.7. The smallest absolute Gasteiger partial charge is 0.328 e. The lowest BCUT2D eigenvalue weighted by Gasteiger charge is -2.31. The van der Waals surface area contributed by atoms with Gasteiger partial charge in [-0.15, -0.1) is 0 Å². The maximum Gasteiger partial charge on any atom is 0.328 e. The molecular weight excluding hydrogens is 426 g/mol. The van der Waals surface area contributed by atoms with Crippen molar-refractivity contribution >= 4 is 23.5 Å². The fourth-order valence-electron chi connectivity index (χ4n) is 3.68. The molecule has 1 atom stereocenters. The predicted octanol–water partition coefficient (Wildman–Crippen LogP) is 4.56. The van der Waals surface area contributed by atoms with E-state index < -0.39 is 17.4 Å². The molecule has 0 aliphatic carbocycles. The van der Waals surface area contributed by atoms with E-state index in [9.17, 15) is 9.59 Å². The van der Waals surface area contributed by atoms with Crippen molar-refractivity contribution in [3.8, 4) is 5.75 Å². The second-order valence-electron chi connectivity index (χ2n) is 7.58. The van der Waals surface area contributed by atoms with Crippen LogP contribution in [-0.2, 0) is 26.2 Å². The first kappa shape index (κ1) is 23.4. The predicted molar refractivity (Wildman–Crippen MR) is 125 cm³/mol. The molecule has 0 saturated heterocycles. The normalized spacial score (nSPS) is 12.0. The third kappa shape index (κ3) is 4.94. The molecule has 3 aromatic carbocycles. The average molecular weight is 452 g/mol. The third-order valence-electron chi connectivity index (χ3n) is 5.60. The Morgan fingerprint density at radius 1 is 0.938 bits per heavy atom. The van der Waals surface area contributed by atoms with Crippen LogP contribution in [-0.4, -0.2) is 32.1 Å². The van der Waals surface area contributed by atoms with Gasteiger partial charge in [0.15, 0.2) is 0 Å². The van der Waals surface area contributed by atoms with Crippen LogP contribution in [0.2, 0.25) is 5.02 Å². The summed E-state index contributed by atoms with van der Waals surface area (Å²) in [7, 11) is 2.84.